The van der Waals surface area contributed by atoms with Crippen molar-refractivity contribution in [2.75, 3.05) is 45.8 Å². The third-order valence-electron chi connectivity index (χ3n) is 5.33. The van der Waals surface area contributed by atoms with Crippen molar-refractivity contribution in [2.24, 2.45) is 5.92 Å². The Bertz CT molecular complexity index is 380. The number of carbonyl (C=O) groups excluding carboxylic acids is 2. The molecule has 2 rings (SSSR count). The molecule has 132 valence electrons. The van der Waals surface area contributed by atoms with Crippen LogP contribution in [0.2, 0.25) is 0 Å². The summed E-state index contributed by atoms with van der Waals surface area (Å²) >= 11 is 0. The third-order valence-corrected chi connectivity index (χ3v) is 5.33. The maximum atomic E-state index is 12.7. The minimum atomic E-state index is 0.174. The predicted molar refractivity (Wildman–Crippen MR) is 92.1 cm³/mol. The molecule has 0 atom stereocenters. The Balaban J connectivity index is 1.76. The van der Waals surface area contributed by atoms with Crippen LogP contribution in [-0.4, -0.2) is 72.3 Å². The summed E-state index contributed by atoms with van der Waals surface area (Å²) in [5.41, 5.74) is 0. The van der Waals surface area contributed by atoms with Gasteiger partial charge in [-0.1, -0.05) is 12.8 Å². The van der Waals surface area contributed by atoms with E-state index in [0.29, 0.717) is 12.5 Å². The molecule has 23 heavy (non-hydrogen) atoms. The largest absolute Gasteiger partial charge is 0.342 e. The normalized spacial score (nSPS) is 21.0. The fraction of sp³-hybridized carbons (Fsp3) is 0.889. The van der Waals surface area contributed by atoms with Crippen LogP contribution in [-0.2, 0) is 9.59 Å². The first-order valence-electron chi connectivity index (χ1n) is 9.44. The van der Waals surface area contributed by atoms with Crippen LogP contribution >= 0.6 is 0 Å². The summed E-state index contributed by atoms with van der Waals surface area (Å²) in [7, 11) is 0. The van der Waals surface area contributed by atoms with Gasteiger partial charge in [-0.25, -0.2) is 0 Å². The number of nitrogens with zero attached hydrogens (tertiary/aromatic N) is 3. The van der Waals surface area contributed by atoms with Crippen LogP contribution < -0.4 is 0 Å². The molecule has 0 N–H and O–H groups in total. The Labute approximate surface area is 141 Å². The van der Waals surface area contributed by atoms with E-state index in [1.54, 1.807) is 0 Å². The van der Waals surface area contributed by atoms with Crippen LogP contribution in [0, 0.1) is 5.92 Å². The molecule has 0 aliphatic carbocycles. The van der Waals surface area contributed by atoms with E-state index < -0.39 is 0 Å². The van der Waals surface area contributed by atoms with Gasteiger partial charge in [-0.2, -0.15) is 0 Å². The summed E-state index contributed by atoms with van der Waals surface area (Å²) in [6.07, 6.45) is 6.64. The first-order chi connectivity index (χ1) is 11.2. The van der Waals surface area contributed by atoms with Gasteiger partial charge in [0.1, 0.15) is 0 Å². The molecule has 0 aromatic carbocycles. The van der Waals surface area contributed by atoms with Gasteiger partial charge < -0.3 is 9.80 Å². The number of amides is 2. The smallest absolute Gasteiger partial charge is 0.236 e. The molecule has 0 bridgehead atoms. The second-order valence-corrected chi connectivity index (χ2v) is 6.86. The molecule has 2 saturated heterocycles. The molecule has 0 aromatic rings. The lowest BCUT2D eigenvalue weighted by Gasteiger charge is -2.34. The number of hydrogen-bond donors (Lipinski definition) is 0. The lowest BCUT2D eigenvalue weighted by atomic mass is 9.95. The van der Waals surface area contributed by atoms with E-state index in [9.17, 15) is 9.59 Å². The van der Waals surface area contributed by atoms with Crippen molar-refractivity contribution in [1.29, 1.82) is 0 Å². The second-order valence-electron chi connectivity index (χ2n) is 6.86. The van der Waals surface area contributed by atoms with Gasteiger partial charge in [0.2, 0.25) is 11.8 Å². The number of hydrogen-bond acceptors (Lipinski definition) is 3. The van der Waals surface area contributed by atoms with Gasteiger partial charge in [-0.15, -0.1) is 0 Å². The van der Waals surface area contributed by atoms with Crippen LogP contribution in [0.1, 0.15) is 52.4 Å². The molecule has 2 amide bonds. The van der Waals surface area contributed by atoms with Crippen LogP contribution in [0.5, 0.6) is 0 Å². The molecular weight excluding hydrogens is 290 g/mol. The Morgan fingerprint density at radius 3 is 2.00 bits per heavy atom. The number of piperidine rings is 1. The molecule has 0 saturated carbocycles. The summed E-state index contributed by atoms with van der Waals surface area (Å²) in [5, 5.41) is 0. The monoisotopic (exact) mass is 323 g/mol. The SMILES string of the molecule is CCN(CC)C(=O)CN1CCC(C(=O)N2CCCCCC2)CC1. The predicted octanol–water partition coefficient (Wildman–Crippen LogP) is 1.97. The Kier molecular flexibility index (Phi) is 7.34. The third kappa shape index (κ3) is 5.20. The van der Waals surface area contributed by atoms with Gasteiger partial charge in [0.15, 0.2) is 0 Å². The highest BCUT2D eigenvalue weighted by atomic mass is 16.2. The van der Waals surface area contributed by atoms with Crippen LogP contribution in [0.4, 0.5) is 0 Å². The summed E-state index contributed by atoms with van der Waals surface area (Å²) in [5.74, 6) is 0.752. The number of likely N-dealkylation sites (N-methyl/N-ethyl adjacent to an activating group) is 1. The molecule has 0 radical (unpaired) electrons. The van der Waals surface area contributed by atoms with E-state index in [2.05, 4.69) is 9.80 Å². The van der Waals surface area contributed by atoms with Gasteiger partial charge in [0, 0.05) is 32.1 Å². The molecule has 0 spiro atoms. The molecule has 2 fully saturated rings. The lowest BCUT2D eigenvalue weighted by Crippen LogP contribution is -2.46. The Morgan fingerprint density at radius 1 is 0.913 bits per heavy atom. The van der Waals surface area contributed by atoms with Gasteiger partial charge in [0.25, 0.3) is 0 Å². The van der Waals surface area contributed by atoms with Crippen molar-refractivity contribution in [3.63, 3.8) is 0 Å². The van der Waals surface area contributed by atoms with Crippen molar-refractivity contribution in [1.82, 2.24) is 14.7 Å². The molecule has 5 heteroatoms. The van der Waals surface area contributed by atoms with Gasteiger partial charge in [-0.3, -0.25) is 14.5 Å². The zero-order chi connectivity index (χ0) is 16.7. The first-order valence-corrected chi connectivity index (χ1v) is 9.44. The quantitative estimate of drug-likeness (QED) is 0.777. The van der Waals surface area contributed by atoms with Gasteiger partial charge in [-0.05, 0) is 52.6 Å². The van der Waals surface area contributed by atoms with Crippen molar-refractivity contribution >= 4 is 11.8 Å². The fourth-order valence-corrected chi connectivity index (χ4v) is 3.75. The van der Waals surface area contributed by atoms with E-state index in [-0.39, 0.29) is 11.8 Å². The second kappa shape index (κ2) is 9.26. The highest BCUT2D eigenvalue weighted by Gasteiger charge is 2.29. The Hall–Kier alpha value is -1.10. The minimum absolute atomic E-state index is 0.174. The molecule has 0 aromatic heterocycles. The van der Waals surface area contributed by atoms with Crippen LogP contribution in [0.15, 0.2) is 0 Å². The van der Waals surface area contributed by atoms with Crippen LogP contribution in [0.25, 0.3) is 0 Å². The summed E-state index contributed by atoms with van der Waals surface area (Å²) in [6, 6.07) is 0. The number of likely N-dealkylation sites (tertiary alicyclic amines) is 2. The molecular formula is C18H33N3O2. The average molecular weight is 323 g/mol. The van der Waals surface area contributed by atoms with Crippen molar-refractivity contribution in [2.45, 2.75) is 52.4 Å². The molecule has 2 aliphatic heterocycles. The van der Waals surface area contributed by atoms with E-state index >= 15 is 0 Å². The number of carbonyl (C=O) groups is 2. The molecule has 5 nitrogen and oxygen atoms in total. The zero-order valence-corrected chi connectivity index (χ0v) is 14.9. The van der Waals surface area contributed by atoms with E-state index in [0.717, 1.165) is 65.0 Å². The lowest BCUT2D eigenvalue weighted by molar-refractivity contribution is -0.137. The van der Waals surface area contributed by atoms with Crippen molar-refractivity contribution in [3.8, 4) is 0 Å². The highest BCUT2D eigenvalue weighted by molar-refractivity contribution is 5.79. The number of rotatable bonds is 5. The topological polar surface area (TPSA) is 43.9 Å². The summed E-state index contributed by atoms with van der Waals surface area (Å²) in [4.78, 5) is 31.0. The van der Waals surface area contributed by atoms with Gasteiger partial charge in [0.05, 0.1) is 6.54 Å². The maximum absolute atomic E-state index is 12.7. The van der Waals surface area contributed by atoms with Gasteiger partial charge >= 0.3 is 0 Å². The highest BCUT2D eigenvalue weighted by Crippen LogP contribution is 2.21. The van der Waals surface area contributed by atoms with Crippen molar-refractivity contribution < 1.29 is 9.59 Å². The van der Waals surface area contributed by atoms with E-state index in [1.807, 2.05) is 18.7 Å². The summed E-state index contributed by atoms with van der Waals surface area (Å²) < 4.78 is 0. The minimum Gasteiger partial charge on any atom is -0.342 e. The van der Waals surface area contributed by atoms with Crippen LogP contribution in [0.3, 0.4) is 0 Å². The maximum Gasteiger partial charge on any atom is 0.236 e. The molecule has 0 unspecified atom stereocenters. The summed E-state index contributed by atoms with van der Waals surface area (Å²) in [6.45, 7) is 9.74. The van der Waals surface area contributed by atoms with E-state index in [1.165, 1.54) is 12.8 Å². The standard InChI is InChI=1S/C18H33N3O2/c1-3-20(4-2)17(22)15-19-13-9-16(10-14-19)18(23)21-11-7-5-6-8-12-21/h16H,3-15H2,1-2H3. The molecule has 2 heterocycles. The van der Waals surface area contributed by atoms with E-state index in [4.69, 9.17) is 0 Å². The Morgan fingerprint density at radius 2 is 1.48 bits per heavy atom. The fourth-order valence-electron chi connectivity index (χ4n) is 3.75. The molecule has 2 aliphatic rings. The zero-order valence-electron chi connectivity index (χ0n) is 14.9. The average Bonchev–Trinajstić information content (AvgIpc) is 2.85. The van der Waals surface area contributed by atoms with Crippen molar-refractivity contribution in [3.05, 3.63) is 0 Å². The first kappa shape index (κ1) is 18.2.